The van der Waals surface area contributed by atoms with Gasteiger partial charge in [-0.3, -0.25) is 10.1 Å². The van der Waals surface area contributed by atoms with Gasteiger partial charge in [0.05, 0.1) is 22.3 Å². The number of nitrogens with one attached hydrogen (secondary N) is 1. The molecule has 3 unspecified atom stereocenters. The number of morpholine rings is 1. The van der Waals surface area contributed by atoms with Gasteiger partial charge in [0, 0.05) is 12.1 Å². The minimum absolute atomic E-state index is 0.290. The van der Waals surface area contributed by atoms with Crippen LogP contribution in [0, 0.1) is 0 Å². The minimum atomic E-state index is -0.918. The van der Waals surface area contributed by atoms with Gasteiger partial charge in [-0.25, -0.2) is 0 Å². The van der Waals surface area contributed by atoms with Crippen LogP contribution in [0.4, 0.5) is 0 Å². The Morgan fingerprint density at radius 3 is 2.83 bits per heavy atom. The smallest absolute Gasteiger partial charge is 0.323 e. The Balaban J connectivity index is 2.17. The van der Waals surface area contributed by atoms with Gasteiger partial charge in [0.1, 0.15) is 6.04 Å². The van der Waals surface area contributed by atoms with Crippen LogP contribution in [0.3, 0.4) is 0 Å². The number of hydrogen-bond acceptors (Lipinski definition) is 3. The number of rotatable bonds is 2. The average Bonchev–Trinajstić information content (AvgIpc) is 2.32. The highest BCUT2D eigenvalue weighted by atomic mass is 35.5. The lowest BCUT2D eigenvalue weighted by molar-refractivity contribution is -0.149. The first-order valence-electron chi connectivity index (χ1n) is 5.56. The normalized spacial score (nSPS) is 28.1. The molecular weight excluding hydrogens is 277 g/mol. The molecule has 6 heteroatoms. The van der Waals surface area contributed by atoms with E-state index in [2.05, 4.69) is 5.32 Å². The lowest BCUT2D eigenvalue weighted by Gasteiger charge is -2.34. The molecule has 1 aliphatic rings. The van der Waals surface area contributed by atoms with Crippen molar-refractivity contribution in [2.45, 2.75) is 25.2 Å². The van der Waals surface area contributed by atoms with Crippen molar-refractivity contribution in [1.82, 2.24) is 5.32 Å². The van der Waals surface area contributed by atoms with E-state index in [1.165, 1.54) is 0 Å². The number of halogens is 2. The Bertz CT molecular complexity index is 467. The number of aliphatic carboxylic acids is 1. The van der Waals surface area contributed by atoms with Crippen LogP contribution in [-0.4, -0.2) is 29.8 Å². The van der Waals surface area contributed by atoms with E-state index in [-0.39, 0.29) is 6.10 Å². The molecule has 1 aromatic rings. The zero-order valence-corrected chi connectivity index (χ0v) is 11.2. The van der Waals surface area contributed by atoms with E-state index in [4.69, 9.17) is 33.0 Å². The van der Waals surface area contributed by atoms with Gasteiger partial charge >= 0.3 is 5.97 Å². The predicted octanol–water partition coefficient (Wildman–Crippen LogP) is 2.50. The average molecular weight is 290 g/mol. The van der Waals surface area contributed by atoms with Crippen molar-refractivity contribution in [3.63, 3.8) is 0 Å². The van der Waals surface area contributed by atoms with Crippen LogP contribution >= 0.6 is 23.2 Å². The van der Waals surface area contributed by atoms with Gasteiger partial charge in [-0.2, -0.15) is 0 Å². The zero-order chi connectivity index (χ0) is 13.3. The summed E-state index contributed by atoms with van der Waals surface area (Å²) in [7, 11) is 0. The SMILES string of the molecule is CC1OC(c2cccc(Cl)c2Cl)CNC1C(=O)O. The van der Waals surface area contributed by atoms with E-state index < -0.39 is 18.1 Å². The standard InChI is InChI=1S/C12H13Cl2NO3/c1-6-11(12(16)17)15-5-9(18-6)7-3-2-4-8(13)10(7)14/h2-4,6,9,11,15H,5H2,1H3,(H,16,17). The third-order valence-electron chi connectivity index (χ3n) is 2.97. The third kappa shape index (κ3) is 2.62. The van der Waals surface area contributed by atoms with Gasteiger partial charge in [0.2, 0.25) is 0 Å². The molecule has 1 fully saturated rings. The largest absolute Gasteiger partial charge is 0.480 e. The molecule has 3 atom stereocenters. The summed E-state index contributed by atoms with van der Waals surface area (Å²) in [6, 6.07) is 4.63. The summed E-state index contributed by atoms with van der Waals surface area (Å²) >= 11 is 12.1. The molecule has 0 spiro atoms. The Labute approximate surface area is 115 Å². The number of carboxylic acids is 1. The van der Waals surface area contributed by atoms with Crippen LogP contribution in [0.15, 0.2) is 18.2 Å². The van der Waals surface area contributed by atoms with Gasteiger partial charge in [-0.1, -0.05) is 35.3 Å². The van der Waals surface area contributed by atoms with Crippen LogP contribution in [-0.2, 0) is 9.53 Å². The molecule has 1 heterocycles. The van der Waals surface area contributed by atoms with Crippen molar-refractivity contribution >= 4 is 29.2 Å². The summed E-state index contributed by atoms with van der Waals surface area (Å²) in [5.41, 5.74) is 0.771. The summed E-state index contributed by atoms with van der Waals surface area (Å²) in [5.74, 6) is -0.918. The summed E-state index contributed by atoms with van der Waals surface area (Å²) in [4.78, 5) is 10.9. The van der Waals surface area contributed by atoms with Crippen molar-refractivity contribution in [3.05, 3.63) is 33.8 Å². The van der Waals surface area contributed by atoms with Crippen LogP contribution in [0.25, 0.3) is 0 Å². The predicted molar refractivity (Wildman–Crippen MR) is 69.2 cm³/mol. The summed E-state index contributed by atoms with van der Waals surface area (Å²) in [6.07, 6.45) is -0.724. The highest BCUT2D eigenvalue weighted by Crippen LogP contribution is 2.33. The number of carbonyl (C=O) groups is 1. The Hall–Kier alpha value is -0.810. The van der Waals surface area contributed by atoms with Crippen molar-refractivity contribution in [3.8, 4) is 0 Å². The Morgan fingerprint density at radius 1 is 1.50 bits per heavy atom. The molecule has 0 bridgehead atoms. The summed E-state index contributed by atoms with van der Waals surface area (Å²) in [5, 5.41) is 12.8. The molecule has 1 saturated heterocycles. The van der Waals surface area contributed by atoms with Crippen LogP contribution < -0.4 is 5.32 Å². The number of benzene rings is 1. The van der Waals surface area contributed by atoms with Crippen LogP contribution in [0.2, 0.25) is 10.0 Å². The Kier molecular flexibility index (Phi) is 4.12. The van der Waals surface area contributed by atoms with E-state index >= 15 is 0 Å². The molecule has 0 radical (unpaired) electrons. The molecule has 18 heavy (non-hydrogen) atoms. The Morgan fingerprint density at radius 2 is 2.22 bits per heavy atom. The van der Waals surface area contributed by atoms with E-state index in [1.54, 1.807) is 19.1 Å². The molecule has 1 aliphatic heterocycles. The second-order valence-electron chi connectivity index (χ2n) is 4.20. The lowest BCUT2D eigenvalue weighted by Crippen LogP contribution is -2.52. The molecule has 2 N–H and O–H groups in total. The molecular formula is C12H13Cl2NO3. The summed E-state index contributed by atoms with van der Waals surface area (Å²) in [6.45, 7) is 2.11. The molecule has 2 rings (SSSR count). The first-order valence-corrected chi connectivity index (χ1v) is 6.32. The summed E-state index contributed by atoms with van der Waals surface area (Å²) < 4.78 is 5.70. The quantitative estimate of drug-likeness (QED) is 0.878. The highest BCUT2D eigenvalue weighted by molar-refractivity contribution is 6.42. The van der Waals surface area contributed by atoms with Gasteiger partial charge in [-0.15, -0.1) is 0 Å². The van der Waals surface area contributed by atoms with Crippen molar-refractivity contribution in [1.29, 1.82) is 0 Å². The first kappa shape index (κ1) is 13.6. The maximum absolute atomic E-state index is 10.9. The topological polar surface area (TPSA) is 58.6 Å². The van der Waals surface area contributed by atoms with E-state index in [1.807, 2.05) is 6.07 Å². The lowest BCUT2D eigenvalue weighted by atomic mass is 10.0. The molecule has 0 aliphatic carbocycles. The van der Waals surface area contributed by atoms with E-state index in [0.29, 0.717) is 16.6 Å². The monoisotopic (exact) mass is 289 g/mol. The van der Waals surface area contributed by atoms with Gasteiger partial charge < -0.3 is 9.84 Å². The first-order chi connectivity index (χ1) is 8.50. The number of carboxylic acid groups (broad SMARTS) is 1. The maximum atomic E-state index is 10.9. The number of hydrogen-bond donors (Lipinski definition) is 2. The van der Waals surface area contributed by atoms with E-state index in [9.17, 15) is 4.79 Å². The molecule has 0 amide bonds. The van der Waals surface area contributed by atoms with Crippen LogP contribution in [0.5, 0.6) is 0 Å². The zero-order valence-electron chi connectivity index (χ0n) is 9.69. The number of ether oxygens (including phenoxy) is 1. The molecule has 0 aromatic heterocycles. The third-order valence-corrected chi connectivity index (χ3v) is 3.80. The maximum Gasteiger partial charge on any atom is 0.323 e. The van der Waals surface area contributed by atoms with Crippen molar-refractivity contribution in [2.24, 2.45) is 0 Å². The molecule has 0 saturated carbocycles. The van der Waals surface area contributed by atoms with Gasteiger partial charge in [0.25, 0.3) is 0 Å². The van der Waals surface area contributed by atoms with Gasteiger partial charge in [0.15, 0.2) is 0 Å². The second kappa shape index (κ2) is 5.45. The van der Waals surface area contributed by atoms with Crippen LogP contribution in [0.1, 0.15) is 18.6 Å². The van der Waals surface area contributed by atoms with Gasteiger partial charge in [-0.05, 0) is 13.0 Å². The highest BCUT2D eigenvalue weighted by Gasteiger charge is 2.34. The van der Waals surface area contributed by atoms with Crippen molar-refractivity contribution in [2.75, 3.05) is 6.54 Å². The minimum Gasteiger partial charge on any atom is -0.480 e. The fourth-order valence-electron chi connectivity index (χ4n) is 2.03. The molecule has 98 valence electrons. The molecule has 1 aromatic carbocycles. The fourth-order valence-corrected chi connectivity index (χ4v) is 2.46. The van der Waals surface area contributed by atoms with E-state index in [0.717, 1.165) is 5.56 Å². The molecule has 4 nitrogen and oxygen atoms in total. The van der Waals surface area contributed by atoms with Crippen molar-refractivity contribution < 1.29 is 14.6 Å². The fraction of sp³-hybridized carbons (Fsp3) is 0.417. The second-order valence-corrected chi connectivity index (χ2v) is 4.98.